The van der Waals surface area contributed by atoms with E-state index in [0.717, 1.165) is 11.1 Å². The lowest BCUT2D eigenvalue weighted by Gasteiger charge is -2.23. The van der Waals surface area contributed by atoms with E-state index in [4.69, 9.17) is 16.0 Å². The van der Waals surface area contributed by atoms with Crippen LogP contribution < -0.4 is 5.73 Å². The molecule has 5 rings (SSSR count). The second-order valence-electron chi connectivity index (χ2n) is 8.12. The van der Waals surface area contributed by atoms with Gasteiger partial charge < -0.3 is 15.8 Å². The van der Waals surface area contributed by atoms with Crippen molar-refractivity contribution in [3.8, 4) is 28.6 Å². The number of hydrogen-bond donors (Lipinski definition) is 3. The van der Waals surface area contributed by atoms with Gasteiger partial charge in [0.1, 0.15) is 11.1 Å². The van der Waals surface area contributed by atoms with E-state index in [1.54, 1.807) is 25.4 Å². The molecule has 0 spiro atoms. The summed E-state index contributed by atoms with van der Waals surface area (Å²) in [7, 11) is 0. The zero-order chi connectivity index (χ0) is 23.7. The van der Waals surface area contributed by atoms with Crippen LogP contribution in [0.2, 0.25) is 0 Å². The fourth-order valence-corrected chi connectivity index (χ4v) is 3.87. The number of aliphatic hydroxyl groups is 1. The molecule has 0 saturated heterocycles. The van der Waals surface area contributed by atoms with Crippen LogP contribution in [0.15, 0.2) is 73.1 Å². The number of nitrogen functional groups attached to an aromatic ring is 1. The molecule has 0 radical (unpaired) electrons. The first-order valence-corrected chi connectivity index (χ1v) is 10.7. The van der Waals surface area contributed by atoms with E-state index in [-0.39, 0.29) is 5.95 Å². The third kappa shape index (κ3) is 3.85. The highest BCUT2D eigenvalue weighted by Gasteiger charge is 2.29. The minimum atomic E-state index is -1.36. The minimum Gasteiger partial charge on any atom is -0.379 e. The van der Waals surface area contributed by atoms with Crippen LogP contribution in [-0.4, -0.2) is 30.0 Å². The van der Waals surface area contributed by atoms with Gasteiger partial charge in [-0.25, -0.2) is 19.9 Å². The number of nitrogens with zero attached hydrogens (tertiary/aromatic N) is 5. The molecule has 3 heterocycles. The Balaban J connectivity index is 1.58. The number of nitriles is 1. The minimum absolute atomic E-state index is 0.0512. The normalized spacial score (nSPS) is 12.9. The maximum atomic E-state index is 11.3. The lowest BCUT2D eigenvalue weighted by atomic mass is 9.91. The molecule has 4 N–H and O–H groups in total. The van der Waals surface area contributed by atoms with Crippen molar-refractivity contribution in [1.29, 1.82) is 5.26 Å². The molecule has 0 fully saturated rings. The highest BCUT2D eigenvalue weighted by atomic mass is 16.3. The SMILES string of the molecule is CC(O)(c1ccccc1)c1cc(-c2c[nH]c3ncc(-c4ccc(CC#N)cc4)nc23)nc(N)n1. The molecule has 0 aliphatic rings. The summed E-state index contributed by atoms with van der Waals surface area (Å²) in [5.74, 6) is 0.0512. The van der Waals surface area contributed by atoms with Crippen LogP contribution in [0.5, 0.6) is 0 Å². The highest BCUT2D eigenvalue weighted by molar-refractivity contribution is 5.90. The zero-order valence-electron chi connectivity index (χ0n) is 18.4. The van der Waals surface area contributed by atoms with Crippen LogP contribution in [0.4, 0.5) is 5.95 Å². The summed E-state index contributed by atoms with van der Waals surface area (Å²) in [6, 6.07) is 20.8. The molecule has 0 aliphatic carbocycles. The van der Waals surface area contributed by atoms with E-state index < -0.39 is 5.60 Å². The summed E-state index contributed by atoms with van der Waals surface area (Å²) in [6.07, 6.45) is 3.83. The van der Waals surface area contributed by atoms with Crippen molar-refractivity contribution in [2.75, 3.05) is 5.73 Å². The molecule has 1 atom stereocenters. The average Bonchev–Trinajstić information content (AvgIpc) is 3.28. The molecule has 34 heavy (non-hydrogen) atoms. The lowest BCUT2D eigenvalue weighted by molar-refractivity contribution is 0.0975. The Labute approximate surface area is 195 Å². The highest BCUT2D eigenvalue weighted by Crippen LogP contribution is 2.33. The summed E-state index contributed by atoms with van der Waals surface area (Å²) in [5, 5.41) is 20.2. The molecule has 1 unspecified atom stereocenters. The Morgan fingerprint density at radius 2 is 1.79 bits per heavy atom. The Bertz CT molecular complexity index is 1520. The van der Waals surface area contributed by atoms with Crippen molar-refractivity contribution in [3.05, 3.63) is 89.9 Å². The molecule has 5 aromatic rings. The van der Waals surface area contributed by atoms with E-state index in [1.807, 2.05) is 54.6 Å². The van der Waals surface area contributed by atoms with Crippen molar-refractivity contribution >= 4 is 17.1 Å². The van der Waals surface area contributed by atoms with Crippen molar-refractivity contribution in [3.63, 3.8) is 0 Å². The summed E-state index contributed by atoms with van der Waals surface area (Å²) in [4.78, 5) is 21.2. The van der Waals surface area contributed by atoms with Crippen molar-refractivity contribution < 1.29 is 5.11 Å². The lowest BCUT2D eigenvalue weighted by Crippen LogP contribution is -2.25. The average molecular weight is 448 g/mol. The topological polar surface area (TPSA) is 137 Å². The van der Waals surface area contributed by atoms with Crippen molar-refractivity contribution in [2.45, 2.75) is 18.9 Å². The third-order valence-corrected chi connectivity index (χ3v) is 5.77. The predicted octanol–water partition coefficient (Wildman–Crippen LogP) is 3.99. The van der Waals surface area contributed by atoms with Crippen LogP contribution in [0.3, 0.4) is 0 Å². The summed E-state index contributed by atoms with van der Waals surface area (Å²) in [5.41, 5.74) is 10.7. The number of nitrogens with two attached hydrogens (primary N) is 1. The number of nitrogens with one attached hydrogen (secondary N) is 1. The fourth-order valence-electron chi connectivity index (χ4n) is 3.87. The van der Waals surface area contributed by atoms with Gasteiger partial charge in [0.15, 0.2) is 5.65 Å². The zero-order valence-corrected chi connectivity index (χ0v) is 18.4. The maximum absolute atomic E-state index is 11.3. The van der Waals surface area contributed by atoms with Crippen LogP contribution in [-0.2, 0) is 12.0 Å². The smallest absolute Gasteiger partial charge is 0.220 e. The first-order chi connectivity index (χ1) is 16.5. The molecule has 0 bridgehead atoms. The second kappa shape index (κ2) is 8.39. The predicted molar refractivity (Wildman–Crippen MR) is 129 cm³/mol. The van der Waals surface area contributed by atoms with Crippen molar-refractivity contribution in [1.82, 2.24) is 24.9 Å². The van der Waals surface area contributed by atoms with E-state index in [1.165, 1.54) is 0 Å². The van der Waals surface area contributed by atoms with Gasteiger partial charge in [0.2, 0.25) is 5.95 Å². The number of aromatic nitrogens is 5. The largest absolute Gasteiger partial charge is 0.379 e. The van der Waals surface area contributed by atoms with Gasteiger partial charge >= 0.3 is 0 Å². The van der Waals surface area contributed by atoms with E-state index in [0.29, 0.717) is 45.8 Å². The Morgan fingerprint density at radius 1 is 1.03 bits per heavy atom. The molecule has 3 aromatic heterocycles. The Kier molecular flexibility index (Phi) is 5.24. The molecule has 8 heteroatoms. The van der Waals surface area contributed by atoms with Gasteiger partial charge in [0, 0.05) is 17.3 Å². The van der Waals surface area contributed by atoms with Gasteiger partial charge in [0.25, 0.3) is 0 Å². The molecular formula is C26H21N7O. The number of H-pyrrole nitrogens is 1. The number of rotatable bonds is 5. The number of hydrogen-bond acceptors (Lipinski definition) is 7. The quantitative estimate of drug-likeness (QED) is 0.370. The third-order valence-electron chi connectivity index (χ3n) is 5.77. The van der Waals surface area contributed by atoms with Crippen LogP contribution in [0.1, 0.15) is 23.7 Å². The molecule has 2 aromatic carbocycles. The van der Waals surface area contributed by atoms with Gasteiger partial charge in [0.05, 0.1) is 35.8 Å². The molecular weight excluding hydrogens is 426 g/mol. The van der Waals surface area contributed by atoms with Gasteiger partial charge in [-0.3, -0.25) is 0 Å². The van der Waals surface area contributed by atoms with Crippen LogP contribution in [0.25, 0.3) is 33.7 Å². The Morgan fingerprint density at radius 3 is 2.53 bits per heavy atom. The van der Waals surface area contributed by atoms with Crippen molar-refractivity contribution in [2.24, 2.45) is 0 Å². The first-order valence-electron chi connectivity index (χ1n) is 10.7. The molecule has 8 nitrogen and oxygen atoms in total. The number of aromatic amines is 1. The summed E-state index contributed by atoms with van der Waals surface area (Å²) < 4.78 is 0. The molecule has 0 aliphatic heterocycles. The van der Waals surface area contributed by atoms with Gasteiger partial charge in [-0.1, -0.05) is 54.6 Å². The monoisotopic (exact) mass is 447 g/mol. The number of anilines is 1. The molecule has 166 valence electrons. The standard InChI is InChI=1S/C26H21N7O/c1-26(34,18-5-3-2-4-6-18)22-13-20(32-25(28)33-22)19-14-29-24-23(19)31-21(15-30-24)17-9-7-16(8-10-17)11-12-27/h2-10,13-15,34H,11H2,1H3,(H,29,30)(H2,28,32,33). The summed E-state index contributed by atoms with van der Waals surface area (Å²) in [6.45, 7) is 1.68. The fraction of sp³-hybridized carbons (Fsp3) is 0.115. The first kappa shape index (κ1) is 21.2. The van der Waals surface area contributed by atoms with Gasteiger partial charge in [-0.05, 0) is 24.1 Å². The van der Waals surface area contributed by atoms with E-state index in [2.05, 4.69) is 26.0 Å². The summed E-state index contributed by atoms with van der Waals surface area (Å²) >= 11 is 0. The van der Waals surface area contributed by atoms with Gasteiger partial charge in [-0.2, -0.15) is 5.26 Å². The Hall–Kier alpha value is -4.61. The van der Waals surface area contributed by atoms with E-state index in [9.17, 15) is 5.11 Å². The van der Waals surface area contributed by atoms with Crippen LogP contribution >= 0.6 is 0 Å². The van der Waals surface area contributed by atoms with Crippen LogP contribution in [0, 0.1) is 11.3 Å². The molecule has 0 amide bonds. The second-order valence-corrected chi connectivity index (χ2v) is 8.12. The van der Waals surface area contributed by atoms with Gasteiger partial charge in [-0.15, -0.1) is 0 Å². The molecule has 0 saturated carbocycles. The maximum Gasteiger partial charge on any atom is 0.220 e. The van der Waals surface area contributed by atoms with E-state index >= 15 is 0 Å². The number of benzene rings is 2. The number of fused-ring (bicyclic) bond motifs is 1.